The third kappa shape index (κ3) is 3.09. The molecule has 0 fully saturated rings. The molecule has 0 saturated heterocycles. The van der Waals surface area contributed by atoms with Crippen LogP contribution in [0.15, 0.2) is 18.2 Å². The van der Waals surface area contributed by atoms with Crippen LogP contribution >= 0.6 is 0 Å². The zero-order chi connectivity index (χ0) is 10.6. The summed E-state index contributed by atoms with van der Waals surface area (Å²) in [5, 5.41) is 7.25. The summed E-state index contributed by atoms with van der Waals surface area (Å²) in [6.07, 6.45) is 0. The fourth-order valence-electron chi connectivity index (χ4n) is 1.22. The molecule has 0 aliphatic carbocycles. The largest absolute Gasteiger partial charge is 0.484 e. The number of hydrogen-bond donors (Lipinski definition) is 1. The van der Waals surface area contributed by atoms with Crippen molar-refractivity contribution in [3.63, 3.8) is 0 Å². The molecule has 0 amide bonds. The SMILES string of the molecule is COC(=N)COc1cc(C)cc(C)c1. The lowest BCUT2D eigenvalue weighted by Crippen LogP contribution is -2.11. The summed E-state index contributed by atoms with van der Waals surface area (Å²) in [6.45, 7) is 4.21. The highest BCUT2D eigenvalue weighted by molar-refractivity contribution is 5.74. The smallest absolute Gasteiger partial charge is 0.219 e. The van der Waals surface area contributed by atoms with Crippen molar-refractivity contribution in [3.8, 4) is 5.75 Å². The van der Waals surface area contributed by atoms with Gasteiger partial charge in [0, 0.05) is 0 Å². The van der Waals surface area contributed by atoms with E-state index in [9.17, 15) is 0 Å². The van der Waals surface area contributed by atoms with Crippen molar-refractivity contribution in [2.45, 2.75) is 13.8 Å². The molecule has 0 unspecified atom stereocenters. The fourth-order valence-corrected chi connectivity index (χ4v) is 1.22. The Hall–Kier alpha value is -1.51. The zero-order valence-electron chi connectivity index (χ0n) is 8.76. The van der Waals surface area contributed by atoms with E-state index in [1.807, 2.05) is 26.0 Å². The minimum atomic E-state index is 0.129. The Kier molecular flexibility index (Phi) is 3.51. The van der Waals surface area contributed by atoms with Gasteiger partial charge in [-0.15, -0.1) is 0 Å². The monoisotopic (exact) mass is 193 g/mol. The number of rotatable bonds is 3. The first-order valence-corrected chi connectivity index (χ1v) is 4.44. The summed E-state index contributed by atoms with van der Waals surface area (Å²) in [5.41, 5.74) is 2.31. The number of nitrogens with one attached hydrogen (secondary N) is 1. The Labute approximate surface area is 84.2 Å². The van der Waals surface area contributed by atoms with Crippen LogP contribution in [-0.2, 0) is 4.74 Å². The van der Waals surface area contributed by atoms with Gasteiger partial charge in [0.15, 0.2) is 6.61 Å². The lowest BCUT2D eigenvalue weighted by Gasteiger charge is -2.07. The Balaban J connectivity index is 2.63. The van der Waals surface area contributed by atoms with Crippen molar-refractivity contribution in [3.05, 3.63) is 29.3 Å². The van der Waals surface area contributed by atoms with E-state index >= 15 is 0 Å². The summed E-state index contributed by atoms with van der Waals surface area (Å²) in [6, 6.07) is 5.96. The van der Waals surface area contributed by atoms with E-state index in [-0.39, 0.29) is 12.5 Å². The predicted molar refractivity (Wildman–Crippen MR) is 56.1 cm³/mol. The van der Waals surface area contributed by atoms with Gasteiger partial charge in [-0.05, 0) is 37.1 Å². The Morgan fingerprint density at radius 3 is 2.29 bits per heavy atom. The maximum atomic E-state index is 7.25. The molecule has 0 heterocycles. The molecule has 0 radical (unpaired) electrons. The lowest BCUT2D eigenvalue weighted by atomic mass is 10.1. The summed E-state index contributed by atoms with van der Waals surface area (Å²) in [7, 11) is 1.47. The number of benzene rings is 1. The second-order valence-electron chi connectivity index (χ2n) is 3.24. The topological polar surface area (TPSA) is 42.3 Å². The molecule has 0 atom stereocenters. The Morgan fingerprint density at radius 1 is 1.21 bits per heavy atom. The summed E-state index contributed by atoms with van der Waals surface area (Å²) >= 11 is 0. The average Bonchev–Trinajstić information content (AvgIpc) is 2.12. The minimum absolute atomic E-state index is 0.129. The maximum absolute atomic E-state index is 7.25. The molecule has 0 saturated carbocycles. The van der Waals surface area contributed by atoms with E-state index in [0.717, 1.165) is 16.9 Å². The zero-order valence-corrected chi connectivity index (χ0v) is 8.76. The molecule has 1 aromatic carbocycles. The van der Waals surface area contributed by atoms with Crippen LogP contribution in [0.2, 0.25) is 0 Å². The molecule has 0 aliphatic rings. The Bertz CT molecular complexity index is 314. The van der Waals surface area contributed by atoms with Gasteiger partial charge < -0.3 is 9.47 Å². The van der Waals surface area contributed by atoms with Gasteiger partial charge >= 0.3 is 0 Å². The first kappa shape index (κ1) is 10.6. The second-order valence-corrected chi connectivity index (χ2v) is 3.24. The highest BCUT2D eigenvalue weighted by Crippen LogP contribution is 2.15. The Morgan fingerprint density at radius 2 is 1.79 bits per heavy atom. The van der Waals surface area contributed by atoms with E-state index in [1.54, 1.807) is 0 Å². The second kappa shape index (κ2) is 4.65. The molecule has 14 heavy (non-hydrogen) atoms. The van der Waals surface area contributed by atoms with E-state index < -0.39 is 0 Å². The van der Waals surface area contributed by atoms with E-state index in [4.69, 9.17) is 14.9 Å². The summed E-state index contributed by atoms with van der Waals surface area (Å²) in [4.78, 5) is 0. The molecular weight excluding hydrogens is 178 g/mol. The highest BCUT2D eigenvalue weighted by atomic mass is 16.5. The fraction of sp³-hybridized carbons (Fsp3) is 0.364. The van der Waals surface area contributed by atoms with Crippen LogP contribution in [0.1, 0.15) is 11.1 Å². The molecule has 3 heteroatoms. The van der Waals surface area contributed by atoms with E-state index in [0.29, 0.717) is 0 Å². The van der Waals surface area contributed by atoms with E-state index in [1.165, 1.54) is 7.11 Å². The van der Waals surface area contributed by atoms with Crippen molar-refractivity contribution >= 4 is 5.90 Å². The summed E-state index contributed by atoms with van der Waals surface area (Å²) in [5.74, 6) is 0.911. The quantitative estimate of drug-likeness (QED) is 0.591. The first-order valence-electron chi connectivity index (χ1n) is 4.44. The third-order valence-electron chi connectivity index (χ3n) is 1.81. The minimum Gasteiger partial charge on any atom is -0.484 e. The molecule has 0 aliphatic heterocycles. The number of ether oxygens (including phenoxy) is 2. The van der Waals surface area contributed by atoms with Crippen LogP contribution in [0, 0.1) is 19.3 Å². The van der Waals surface area contributed by atoms with Gasteiger partial charge in [0.25, 0.3) is 0 Å². The normalized spacial score (nSPS) is 9.64. The third-order valence-corrected chi connectivity index (χ3v) is 1.81. The highest BCUT2D eigenvalue weighted by Gasteiger charge is 1.99. The van der Waals surface area contributed by atoms with Crippen molar-refractivity contribution in [1.29, 1.82) is 5.41 Å². The standard InChI is InChI=1S/C11H15NO2/c1-8-4-9(2)6-10(5-8)14-7-11(12)13-3/h4-6,12H,7H2,1-3H3. The molecule has 3 nitrogen and oxygen atoms in total. The van der Waals surface area contributed by atoms with Gasteiger partial charge in [-0.3, -0.25) is 5.41 Å². The van der Waals surface area contributed by atoms with Gasteiger partial charge in [0.05, 0.1) is 7.11 Å². The summed E-state index contributed by atoms with van der Waals surface area (Å²) < 4.78 is 10.1. The van der Waals surface area contributed by atoms with Crippen LogP contribution in [-0.4, -0.2) is 19.6 Å². The molecule has 1 aromatic rings. The van der Waals surface area contributed by atoms with Gasteiger partial charge in [-0.25, -0.2) is 0 Å². The molecule has 0 spiro atoms. The molecule has 76 valence electrons. The molecule has 0 aromatic heterocycles. The van der Waals surface area contributed by atoms with Crippen LogP contribution < -0.4 is 4.74 Å². The van der Waals surface area contributed by atoms with Crippen molar-refractivity contribution in [2.75, 3.05) is 13.7 Å². The lowest BCUT2D eigenvalue weighted by molar-refractivity contribution is 0.309. The van der Waals surface area contributed by atoms with E-state index in [2.05, 4.69) is 6.07 Å². The molecule has 1 N–H and O–H groups in total. The predicted octanol–water partition coefficient (Wildman–Crippen LogP) is 2.31. The number of hydrogen-bond acceptors (Lipinski definition) is 3. The molecular formula is C11H15NO2. The molecule has 0 bridgehead atoms. The van der Waals surface area contributed by atoms with Gasteiger partial charge in [-0.2, -0.15) is 0 Å². The maximum Gasteiger partial charge on any atom is 0.219 e. The van der Waals surface area contributed by atoms with Crippen LogP contribution in [0.25, 0.3) is 0 Å². The van der Waals surface area contributed by atoms with Crippen LogP contribution in [0.5, 0.6) is 5.75 Å². The number of aryl methyl sites for hydroxylation is 2. The average molecular weight is 193 g/mol. The molecule has 1 rings (SSSR count). The van der Waals surface area contributed by atoms with Gasteiger partial charge in [0.1, 0.15) is 5.75 Å². The van der Waals surface area contributed by atoms with Gasteiger partial charge in [-0.1, -0.05) is 6.07 Å². The van der Waals surface area contributed by atoms with Crippen molar-refractivity contribution < 1.29 is 9.47 Å². The van der Waals surface area contributed by atoms with Crippen LogP contribution in [0.4, 0.5) is 0 Å². The first-order chi connectivity index (χ1) is 6.61. The number of methoxy groups -OCH3 is 1. The van der Waals surface area contributed by atoms with Gasteiger partial charge in [0.2, 0.25) is 5.90 Å². The van der Waals surface area contributed by atoms with Crippen molar-refractivity contribution in [2.24, 2.45) is 0 Å². The van der Waals surface area contributed by atoms with Crippen LogP contribution in [0.3, 0.4) is 0 Å². The van der Waals surface area contributed by atoms with Crippen molar-refractivity contribution in [1.82, 2.24) is 0 Å².